The minimum Gasteiger partial charge on any atom is -0.507 e. The van der Waals surface area contributed by atoms with Crippen LogP contribution in [0.2, 0.25) is 10.2 Å². The molecule has 88 valence electrons. The number of phenolic OH excluding ortho intramolecular Hbond substituents is 1. The summed E-state index contributed by atoms with van der Waals surface area (Å²) in [4.78, 5) is 14.8. The van der Waals surface area contributed by atoms with E-state index in [1.165, 1.54) is 12.1 Å². The lowest BCUT2D eigenvalue weighted by molar-refractivity contribution is 0.103. The molecule has 0 spiro atoms. The predicted molar refractivity (Wildman–Crippen MR) is 75.1 cm³/mol. The van der Waals surface area contributed by atoms with Crippen molar-refractivity contribution >= 4 is 51.6 Å². The van der Waals surface area contributed by atoms with Crippen molar-refractivity contribution in [2.24, 2.45) is 0 Å². The van der Waals surface area contributed by atoms with Gasteiger partial charge in [0.2, 0.25) is 5.78 Å². The molecule has 0 unspecified atom stereocenters. The van der Waals surface area contributed by atoms with Crippen LogP contribution >= 0.6 is 45.8 Å². The fourth-order valence-electron chi connectivity index (χ4n) is 1.38. The minimum absolute atomic E-state index is 0.0739. The normalized spacial score (nSPS) is 10.5. The average Bonchev–Trinajstić information content (AvgIpc) is 2.57. The van der Waals surface area contributed by atoms with Crippen molar-refractivity contribution < 1.29 is 9.90 Å². The number of ketones is 1. The van der Waals surface area contributed by atoms with E-state index in [-0.39, 0.29) is 27.9 Å². The summed E-state index contributed by atoms with van der Waals surface area (Å²) in [6.07, 6.45) is 0. The molecule has 1 aromatic carbocycles. The fraction of sp³-hybridized carbons (Fsp3) is 0. The summed E-state index contributed by atoms with van der Waals surface area (Å²) in [5.74, 6) is -0.420. The molecular formula is C11H6Cl2INO2. The third kappa shape index (κ3) is 2.29. The van der Waals surface area contributed by atoms with Crippen LogP contribution < -0.4 is 0 Å². The van der Waals surface area contributed by atoms with E-state index in [1.807, 2.05) is 22.6 Å². The number of hydrogen-bond donors (Lipinski definition) is 2. The Balaban J connectivity index is 2.52. The number of aromatic hydroxyl groups is 1. The van der Waals surface area contributed by atoms with Gasteiger partial charge in [-0.15, -0.1) is 0 Å². The number of halogens is 3. The standard InChI is InChI=1S/C11H6Cl2INO2/c12-7-8(14)9(15-11(7)13)10(17)5-3-1-2-4-6(5)16/h1-4,15-16H. The van der Waals surface area contributed by atoms with Crippen LogP contribution in [-0.4, -0.2) is 15.9 Å². The average molecular weight is 382 g/mol. The second kappa shape index (κ2) is 4.88. The first-order chi connectivity index (χ1) is 8.02. The number of para-hydroxylation sites is 1. The van der Waals surface area contributed by atoms with Gasteiger partial charge in [0.05, 0.1) is 14.2 Å². The minimum atomic E-state index is -0.346. The van der Waals surface area contributed by atoms with Gasteiger partial charge in [0, 0.05) is 0 Å². The SMILES string of the molecule is O=C(c1ccccc1O)c1[nH]c(Cl)c(Cl)c1I. The van der Waals surface area contributed by atoms with Crippen molar-refractivity contribution in [3.8, 4) is 5.75 Å². The maximum atomic E-state index is 12.1. The Morgan fingerprint density at radius 3 is 2.47 bits per heavy atom. The van der Waals surface area contributed by atoms with Gasteiger partial charge in [-0.25, -0.2) is 0 Å². The number of phenols is 1. The molecule has 0 radical (unpaired) electrons. The van der Waals surface area contributed by atoms with Crippen LogP contribution in [0, 0.1) is 3.57 Å². The van der Waals surface area contributed by atoms with Gasteiger partial charge >= 0.3 is 0 Å². The number of carbonyl (C=O) groups excluding carboxylic acids is 1. The Bertz CT molecular complexity index is 595. The summed E-state index contributed by atoms with van der Waals surface area (Å²) in [6, 6.07) is 6.31. The van der Waals surface area contributed by atoms with Crippen LogP contribution in [0.5, 0.6) is 5.75 Å². The second-order valence-corrected chi connectivity index (χ2v) is 5.12. The van der Waals surface area contributed by atoms with E-state index in [0.717, 1.165) is 0 Å². The van der Waals surface area contributed by atoms with E-state index >= 15 is 0 Å². The maximum absolute atomic E-state index is 12.1. The quantitative estimate of drug-likeness (QED) is 0.613. The molecule has 2 N–H and O–H groups in total. The summed E-state index contributed by atoms with van der Waals surface area (Å²) in [7, 11) is 0. The van der Waals surface area contributed by atoms with Crippen molar-refractivity contribution in [2.45, 2.75) is 0 Å². The molecule has 0 fully saturated rings. The highest BCUT2D eigenvalue weighted by Gasteiger charge is 2.21. The van der Waals surface area contributed by atoms with Gasteiger partial charge in [-0.2, -0.15) is 0 Å². The molecule has 2 rings (SSSR count). The van der Waals surface area contributed by atoms with Gasteiger partial charge in [0.25, 0.3) is 0 Å². The lowest BCUT2D eigenvalue weighted by atomic mass is 10.1. The highest BCUT2D eigenvalue weighted by Crippen LogP contribution is 2.32. The highest BCUT2D eigenvalue weighted by molar-refractivity contribution is 14.1. The number of benzene rings is 1. The highest BCUT2D eigenvalue weighted by atomic mass is 127. The van der Waals surface area contributed by atoms with E-state index in [9.17, 15) is 9.90 Å². The number of carbonyl (C=O) groups is 1. The van der Waals surface area contributed by atoms with Gasteiger partial charge in [0.1, 0.15) is 16.6 Å². The Kier molecular flexibility index (Phi) is 3.65. The van der Waals surface area contributed by atoms with Crippen molar-refractivity contribution in [2.75, 3.05) is 0 Å². The zero-order valence-electron chi connectivity index (χ0n) is 8.30. The Labute approximate surface area is 121 Å². The third-order valence-electron chi connectivity index (χ3n) is 2.22. The molecule has 3 nitrogen and oxygen atoms in total. The first kappa shape index (κ1) is 12.7. The van der Waals surface area contributed by atoms with Crippen LogP contribution in [0.3, 0.4) is 0 Å². The monoisotopic (exact) mass is 381 g/mol. The number of nitrogens with one attached hydrogen (secondary N) is 1. The van der Waals surface area contributed by atoms with Gasteiger partial charge in [-0.05, 0) is 34.7 Å². The number of rotatable bonds is 2. The lowest BCUT2D eigenvalue weighted by Crippen LogP contribution is -2.03. The van der Waals surface area contributed by atoms with Crippen molar-refractivity contribution in [3.05, 3.63) is 49.3 Å². The molecule has 1 heterocycles. The van der Waals surface area contributed by atoms with Crippen LogP contribution in [0.4, 0.5) is 0 Å². The number of aromatic nitrogens is 1. The van der Waals surface area contributed by atoms with E-state index in [1.54, 1.807) is 12.1 Å². The van der Waals surface area contributed by atoms with Crippen LogP contribution in [0.15, 0.2) is 24.3 Å². The lowest BCUT2D eigenvalue weighted by Gasteiger charge is -2.02. The third-order valence-corrected chi connectivity index (χ3v) is 4.37. The maximum Gasteiger partial charge on any atom is 0.214 e. The molecule has 0 saturated carbocycles. The Morgan fingerprint density at radius 2 is 1.94 bits per heavy atom. The Hall–Kier alpha value is -0.720. The fourth-order valence-corrected chi connectivity index (χ4v) is 2.52. The number of hydrogen-bond acceptors (Lipinski definition) is 2. The van der Waals surface area contributed by atoms with Crippen molar-refractivity contribution in [3.63, 3.8) is 0 Å². The van der Waals surface area contributed by atoms with Gasteiger partial charge in [-0.1, -0.05) is 35.3 Å². The predicted octanol–water partition coefficient (Wildman–Crippen LogP) is 3.86. The van der Waals surface area contributed by atoms with Gasteiger partial charge in [-0.3, -0.25) is 4.79 Å². The second-order valence-electron chi connectivity index (χ2n) is 3.29. The summed E-state index contributed by atoms with van der Waals surface area (Å²) in [5.41, 5.74) is 0.488. The van der Waals surface area contributed by atoms with Crippen LogP contribution in [-0.2, 0) is 0 Å². The summed E-state index contributed by atoms with van der Waals surface area (Å²) >= 11 is 13.6. The van der Waals surface area contributed by atoms with Crippen LogP contribution in [0.25, 0.3) is 0 Å². The molecule has 17 heavy (non-hydrogen) atoms. The molecule has 2 aromatic rings. The largest absolute Gasteiger partial charge is 0.507 e. The van der Waals surface area contributed by atoms with E-state index in [4.69, 9.17) is 23.2 Å². The zero-order valence-corrected chi connectivity index (χ0v) is 12.0. The first-order valence-corrected chi connectivity index (χ1v) is 6.41. The number of aromatic amines is 1. The molecule has 0 aliphatic rings. The molecule has 0 amide bonds. The van der Waals surface area contributed by atoms with E-state index < -0.39 is 0 Å². The molecule has 1 aromatic heterocycles. The van der Waals surface area contributed by atoms with Crippen LogP contribution in [0.1, 0.15) is 16.1 Å². The summed E-state index contributed by atoms with van der Waals surface area (Å²) in [6.45, 7) is 0. The van der Waals surface area contributed by atoms with Gasteiger partial charge < -0.3 is 10.1 Å². The Morgan fingerprint density at radius 1 is 1.29 bits per heavy atom. The van der Waals surface area contributed by atoms with Crippen molar-refractivity contribution in [1.82, 2.24) is 4.98 Å². The van der Waals surface area contributed by atoms with E-state index in [0.29, 0.717) is 8.59 Å². The first-order valence-electron chi connectivity index (χ1n) is 4.57. The van der Waals surface area contributed by atoms with Crippen molar-refractivity contribution in [1.29, 1.82) is 0 Å². The zero-order chi connectivity index (χ0) is 12.6. The molecule has 0 saturated heterocycles. The molecule has 0 bridgehead atoms. The molecule has 6 heteroatoms. The topological polar surface area (TPSA) is 53.1 Å². The van der Waals surface area contributed by atoms with E-state index in [2.05, 4.69) is 4.98 Å². The molecule has 0 atom stereocenters. The summed E-state index contributed by atoms with van der Waals surface area (Å²) < 4.78 is 0.544. The molecule has 0 aliphatic heterocycles. The smallest absolute Gasteiger partial charge is 0.214 e. The number of H-pyrrole nitrogens is 1. The summed E-state index contributed by atoms with van der Waals surface area (Å²) in [5, 5.41) is 10.1. The molecular weight excluding hydrogens is 376 g/mol. The molecule has 0 aliphatic carbocycles. The van der Waals surface area contributed by atoms with Gasteiger partial charge in [0.15, 0.2) is 0 Å².